The van der Waals surface area contributed by atoms with E-state index in [1.165, 1.54) is 17.9 Å². The number of carbonyl (C=O) groups is 2. The first-order valence-corrected chi connectivity index (χ1v) is 7.78. The van der Waals surface area contributed by atoms with Gasteiger partial charge in [-0.05, 0) is 38.2 Å². The van der Waals surface area contributed by atoms with E-state index in [1.807, 2.05) is 0 Å². The lowest BCUT2D eigenvalue weighted by Crippen LogP contribution is -2.41. The van der Waals surface area contributed by atoms with Gasteiger partial charge in [0, 0.05) is 19.5 Å². The second-order valence-electron chi connectivity index (χ2n) is 6.14. The van der Waals surface area contributed by atoms with Crippen molar-refractivity contribution < 1.29 is 27.9 Å². The molecule has 6 nitrogen and oxygen atoms in total. The summed E-state index contributed by atoms with van der Waals surface area (Å²) in [4.78, 5) is 24.7. The number of likely N-dealkylation sites (tertiary alicyclic amines) is 1. The zero-order valence-electron chi connectivity index (χ0n) is 13.3. The highest BCUT2D eigenvalue weighted by Crippen LogP contribution is 2.24. The van der Waals surface area contributed by atoms with Crippen molar-refractivity contribution in [2.24, 2.45) is 5.92 Å². The summed E-state index contributed by atoms with van der Waals surface area (Å²) in [5, 5.41) is 12.5. The number of nitrogens with zero attached hydrogens (tertiary/aromatic N) is 3. The summed E-state index contributed by atoms with van der Waals surface area (Å²) in [5.41, 5.74) is 0.269. The number of carboxylic acid groups (broad SMARTS) is 1. The molecule has 1 aromatic rings. The highest BCUT2D eigenvalue weighted by molar-refractivity contribution is 5.92. The van der Waals surface area contributed by atoms with Gasteiger partial charge in [-0.2, -0.15) is 18.3 Å². The molecule has 134 valence electrons. The van der Waals surface area contributed by atoms with Gasteiger partial charge in [0.1, 0.15) is 12.2 Å². The van der Waals surface area contributed by atoms with Crippen LogP contribution in [0.2, 0.25) is 0 Å². The Kier molecular flexibility index (Phi) is 5.51. The second-order valence-corrected chi connectivity index (χ2v) is 6.14. The Morgan fingerprint density at radius 2 is 2.12 bits per heavy atom. The molecule has 1 aliphatic rings. The lowest BCUT2D eigenvalue weighted by molar-refractivity contribution is -0.143. The predicted octanol–water partition coefficient (Wildman–Crippen LogP) is 2.47. The first-order chi connectivity index (χ1) is 11.2. The number of rotatable bonds is 5. The van der Waals surface area contributed by atoms with Crippen LogP contribution in [0.1, 0.15) is 41.9 Å². The number of aryl methyl sites for hydroxylation is 1. The van der Waals surface area contributed by atoms with Gasteiger partial charge in [-0.15, -0.1) is 0 Å². The summed E-state index contributed by atoms with van der Waals surface area (Å²) in [7, 11) is 0. The Bertz CT molecular complexity index is 613. The SMILES string of the molecule is Cc1cc(C(=O)N2CCCC(CCC(=O)O)C2)n(CC(F)(F)F)n1. The summed E-state index contributed by atoms with van der Waals surface area (Å²) >= 11 is 0. The molecule has 2 heterocycles. The number of carboxylic acids is 1. The zero-order chi connectivity index (χ0) is 17.9. The third kappa shape index (κ3) is 4.97. The van der Waals surface area contributed by atoms with Crippen LogP contribution in [0.5, 0.6) is 0 Å². The maximum Gasteiger partial charge on any atom is 0.408 e. The average Bonchev–Trinajstić information content (AvgIpc) is 2.83. The van der Waals surface area contributed by atoms with Gasteiger partial charge < -0.3 is 10.0 Å². The summed E-state index contributed by atoms with van der Waals surface area (Å²) in [5.74, 6) is -1.32. The van der Waals surface area contributed by atoms with Crippen LogP contribution in [-0.2, 0) is 11.3 Å². The summed E-state index contributed by atoms with van der Waals surface area (Å²) < 4.78 is 38.6. The number of hydrogen-bond acceptors (Lipinski definition) is 3. The molecule has 0 radical (unpaired) electrons. The fraction of sp³-hybridized carbons (Fsp3) is 0.667. The molecule has 2 rings (SSSR count). The summed E-state index contributed by atoms with van der Waals surface area (Å²) in [6, 6.07) is 1.36. The minimum Gasteiger partial charge on any atom is -0.481 e. The normalized spacial score (nSPS) is 18.7. The van der Waals surface area contributed by atoms with E-state index < -0.39 is 24.6 Å². The lowest BCUT2D eigenvalue weighted by atomic mass is 9.93. The number of amides is 1. The van der Waals surface area contributed by atoms with E-state index >= 15 is 0 Å². The molecule has 0 aromatic carbocycles. The first-order valence-electron chi connectivity index (χ1n) is 7.78. The monoisotopic (exact) mass is 347 g/mol. The topological polar surface area (TPSA) is 75.4 Å². The Labute approximate surface area is 137 Å². The van der Waals surface area contributed by atoms with Gasteiger partial charge in [0.25, 0.3) is 5.91 Å². The Balaban J connectivity index is 2.09. The fourth-order valence-electron chi connectivity index (χ4n) is 2.98. The Morgan fingerprint density at radius 1 is 1.42 bits per heavy atom. The minimum absolute atomic E-state index is 0.0256. The van der Waals surface area contributed by atoms with E-state index in [2.05, 4.69) is 5.10 Å². The summed E-state index contributed by atoms with van der Waals surface area (Å²) in [6.45, 7) is 1.05. The van der Waals surface area contributed by atoms with E-state index in [4.69, 9.17) is 5.11 Å². The van der Waals surface area contributed by atoms with Crippen LogP contribution in [0.15, 0.2) is 6.07 Å². The molecule has 1 amide bonds. The molecule has 1 unspecified atom stereocenters. The van der Waals surface area contributed by atoms with Crippen LogP contribution in [-0.4, -0.2) is 50.9 Å². The number of halogens is 3. The molecule has 1 fully saturated rings. The van der Waals surface area contributed by atoms with Gasteiger partial charge in [-0.25, -0.2) is 0 Å². The van der Waals surface area contributed by atoms with E-state index in [9.17, 15) is 22.8 Å². The lowest BCUT2D eigenvalue weighted by Gasteiger charge is -2.32. The van der Waals surface area contributed by atoms with Crippen molar-refractivity contribution in [3.63, 3.8) is 0 Å². The van der Waals surface area contributed by atoms with Crippen molar-refractivity contribution >= 4 is 11.9 Å². The molecule has 1 aromatic heterocycles. The molecule has 1 N–H and O–H groups in total. The second kappa shape index (κ2) is 7.23. The Hall–Kier alpha value is -2.06. The summed E-state index contributed by atoms with van der Waals surface area (Å²) in [6.07, 6.45) is -2.45. The van der Waals surface area contributed by atoms with Crippen LogP contribution in [0.3, 0.4) is 0 Å². The standard InChI is InChI=1S/C15H20F3N3O3/c1-10-7-12(21(19-10)9-15(16,17)18)14(24)20-6-2-3-11(8-20)4-5-13(22)23/h7,11H,2-6,8-9H2,1H3,(H,22,23). The molecule has 1 aliphatic heterocycles. The Morgan fingerprint density at radius 3 is 2.75 bits per heavy atom. The van der Waals surface area contributed by atoms with Gasteiger partial charge in [0.15, 0.2) is 0 Å². The van der Waals surface area contributed by atoms with E-state index in [0.29, 0.717) is 36.3 Å². The average molecular weight is 347 g/mol. The molecule has 9 heteroatoms. The van der Waals surface area contributed by atoms with Crippen LogP contribution in [0.25, 0.3) is 0 Å². The highest BCUT2D eigenvalue weighted by Gasteiger charge is 2.33. The highest BCUT2D eigenvalue weighted by atomic mass is 19.4. The minimum atomic E-state index is -4.46. The van der Waals surface area contributed by atoms with Crippen LogP contribution < -0.4 is 0 Å². The smallest absolute Gasteiger partial charge is 0.408 e. The fourth-order valence-corrected chi connectivity index (χ4v) is 2.98. The number of hydrogen-bond donors (Lipinski definition) is 1. The molecule has 1 atom stereocenters. The third-order valence-electron chi connectivity index (χ3n) is 4.02. The van der Waals surface area contributed by atoms with Crippen molar-refractivity contribution in [3.8, 4) is 0 Å². The molecule has 0 spiro atoms. The van der Waals surface area contributed by atoms with E-state index in [0.717, 1.165) is 6.42 Å². The molecule has 0 aliphatic carbocycles. The van der Waals surface area contributed by atoms with Crippen LogP contribution >= 0.6 is 0 Å². The molecule has 0 bridgehead atoms. The molecular formula is C15H20F3N3O3. The van der Waals surface area contributed by atoms with Gasteiger partial charge >= 0.3 is 12.1 Å². The van der Waals surface area contributed by atoms with Crippen molar-refractivity contribution in [1.82, 2.24) is 14.7 Å². The maximum atomic E-state index is 12.6. The molecule has 0 saturated carbocycles. The van der Waals surface area contributed by atoms with Crippen LogP contribution in [0.4, 0.5) is 13.2 Å². The number of aromatic nitrogens is 2. The van der Waals surface area contributed by atoms with Crippen molar-refractivity contribution in [2.45, 2.75) is 45.3 Å². The van der Waals surface area contributed by atoms with Crippen molar-refractivity contribution in [1.29, 1.82) is 0 Å². The largest absolute Gasteiger partial charge is 0.481 e. The van der Waals surface area contributed by atoms with Crippen molar-refractivity contribution in [2.75, 3.05) is 13.1 Å². The van der Waals surface area contributed by atoms with Gasteiger partial charge in [-0.1, -0.05) is 0 Å². The third-order valence-corrected chi connectivity index (χ3v) is 4.02. The first kappa shape index (κ1) is 18.3. The van der Waals surface area contributed by atoms with Gasteiger partial charge in [0.2, 0.25) is 0 Å². The molecule has 1 saturated heterocycles. The quantitative estimate of drug-likeness (QED) is 0.888. The van der Waals surface area contributed by atoms with Gasteiger partial charge in [0.05, 0.1) is 5.69 Å². The van der Waals surface area contributed by atoms with Gasteiger partial charge in [-0.3, -0.25) is 14.3 Å². The number of piperidine rings is 1. The number of aliphatic carboxylic acids is 1. The van der Waals surface area contributed by atoms with E-state index in [-0.39, 0.29) is 18.0 Å². The van der Waals surface area contributed by atoms with E-state index in [1.54, 1.807) is 0 Å². The van der Waals surface area contributed by atoms with Crippen molar-refractivity contribution in [3.05, 3.63) is 17.5 Å². The zero-order valence-corrected chi connectivity index (χ0v) is 13.3. The van der Waals surface area contributed by atoms with Crippen LogP contribution in [0, 0.1) is 12.8 Å². The maximum absolute atomic E-state index is 12.6. The number of carbonyl (C=O) groups excluding carboxylic acids is 1. The predicted molar refractivity (Wildman–Crippen MR) is 78.5 cm³/mol. The molecular weight excluding hydrogens is 327 g/mol. The number of alkyl halides is 3. The molecule has 24 heavy (non-hydrogen) atoms.